The highest BCUT2D eigenvalue weighted by atomic mass is 35.5. The first-order valence-corrected chi connectivity index (χ1v) is 8.34. The molecule has 0 radical (unpaired) electrons. The molecule has 3 heterocycles. The lowest BCUT2D eigenvalue weighted by molar-refractivity contribution is -0.137. The highest BCUT2D eigenvalue weighted by Gasteiger charge is 2.32. The summed E-state index contributed by atoms with van der Waals surface area (Å²) in [6, 6.07) is 11.6. The molecule has 0 aliphatic carbocycles. The number of anilines is 1. The lowest BCUT2D eigenvalue weighted by atomic mass is 10.2. The third kappa shape index (κ3) is 3.74. The second-order valence-corrected chi connectivity index (χ2v) is 6.14. The van der Waals surface area contributed by atoms with Crippen molar-refractivity contribution in [1.82, 2.24) is 19.5 Å². The van der Waals surface area contributed by atoms with Crippen molar-refractivity contribution in [3.63, 3.8) is 0 Å². The Morgan fingerprint density at radius 1 is 1.03 bits per heavy atom. The first kappa shape index (κ1) is 20.6. The number of halogens is 4. The highest BCUT2D eigenvalue weighted by molar-refractivity contribution is 5.85. The van der Waals surface area contributed by atoms with E-state index in [0.29, 0.717) is 23.6 Å². The van der Waals surface area contributed by atoms with Gasteiger partial charge in [-0.2, -0.15) is 13.2 Å². The van der Waals surface area contributed by atoms with Gasteiger partial charge in [0.2, 0.25) is 0 Å². The van der Waals surface area contributed by atoms with E-state index in [0.717, 1.165) is 17.8 Å². The molecule has 1 aromatic carbocycles. The molecule has 0 saturated carbocycles. The third-order valence-electron chi connectivity index (χ3n) is 4.33. The van der Waals surface area contributed by atoms with Crippen molar-refractivity contribution in [2.24, 2.45) is 5.73 Å². The van der Waals surface area contributed by atoms with Crippen molar-refractivity contribution in [3.05, 3.63) is 66.0 Å². The van der Waals surface area contributed by atoms with Crippen LogP contribution in [0.2, 0.25) is 0 Å². The molecule has 4 rings (SSSR count). The lowest BCUT2D eigenvalue weighted by Crippen LogP contribution is -2.06. The standard InChI is InChI=1S/C19H15F3N6.ClH/c20-19(21,22)12-8-15-18(26-10-12)28(13-5-3-11(9-23)4-6-13)17(27-15)14-2-1-7-25-16(14)24;/h1-8,10H,9,23H2,(H2,24,25);1H. The summed E-state index contributed by atoms with van der Waals surface area (Å²) in [6.07, 6.45) is -2.19. The van der Waals surface area contributed by atoms with Crippen LogP contribution in [0.4, 0.5) is 19.0 Å². The molecule has 0 saturated heterocycles. The molecule has 10 heteroatoms. The molecular weight excluding hydrogens is 405 g/mol. The fourth-order valence-electron chi connectivity index (χ4n) is 2.93. The summed E-state index contributed by atoms with van der Waals surface area (Å²) in [4.78, 5) is 12.5. The minimum absolute atomic E-state index is 0. The molecule has 0 atom stereocenters. The molecule has 4 aromatic rings. The maximum absolute atomic E-state index is 13.1. The largest absolute Gasteiger partial charge is 0.417 e. The normalized spacial score (nSPS) is 11.4. The first-order valence-electron chi connectivity index (χ1n) is 8.34. The van der Waals surface area contributed by atoms with Crippen LogP contribution >= 0.6 is 12.4 Å². The number of alkyl halides is 3. The number of hydrogen-bond donors (Lipinski definition) is 2. The number of nitrogens with two attached hydrogens (primary N) is 2. The van der Waals surface area contributed by atoms with Crippen LogP contribution in [0, 0.1) is 0 Å². The molecule has 0 aliphatic rings. The zero-order valence-electron chi connectivity index (χ0n) is 14.9. The maximum atomic E-state index is 13.1. The summed E-state index contributed by atoms with van der Waals surface area (Å²) in [5.74, 6) is 0.571. The van der Waals surface area contributed by atoms with Crippen LogP contribution in [0.25, 0.3) is 28.2 Å². The summed E-state index contributed by atoms with van der Waals surface area (Å²) in [7, 11) is 0. The number of nitrogens with zero attached hydrogens (tertiary/aromatic N) is 4. The molecule has 29 heavy (non-hydrogen) atoms. The van der Waals surface area contributed by atoms with E-state index in [1.165, 1.54) is 6.20 Å². The Balaban J connectivity index is 0.00000240. The van der Waals surface area contributed by atoms with E-state index in [1.54, 1.807) is 28.8 Å². The van der Waals surface area contributed by atoms with Crippen LogP contribution in [0.1, 0.15) is 11.1 Å². The van der Waals surface area contributed by atoms with Crippen molar-refractivity contribution >= 4 is 29.4 Å². The summed E-state index contributed by atoms with van der Waals surface area (Å²) < 4.78 is 41.0. The highest BCUT2D eigenvalue weighted by Crippen LogP contribution is 2.34. The second-order valence-electron chi connectivity index (χ2n) is 6.14. The third-order valence-corrected chi connectivity index (χ3v) is 4.33. The Hall–Kier alpha value is -3.17. The Morgan fingerprint density at radius 3 is 2.38 bits per heavy atom. The van der Waals surface area contributed by atoms with E-state index in [-0.39, 0.29) is 29.4 Å². The smallest absolute Gasteiger partial charge is 0.383 e. The number of fused-ring (bicyclic) bond motifs is 1. The molecule has 6 nitrogen and oxygen atoms in total. The summed E-state index contributed by atoms with van der Waals surface area (Å²) in [5, 5.41) is 0. The minimum Gasteiger partial charge on any atom is -0.383 e. The summed E-state index contributed by atoms with van der Waals surface area (Å²) in [6.45, 7) is 0.376. The molecular formula is C19H16ClF3N6. The van der Waals surface area contributed by atoms with E-state index in [2.05, 4.69) is 15.0 Å². The maximum Gasteiger partial charge on any atom is 0.417 e. The van der Waals surface area contributed by atoms with Gasteiger partial charge in [-0.25, -0.2) is 15.0 Å². The van der Waals surface area contributed by atoms with Gasteiger partial charge < -0.3 is 11.5 Å². The minimum atomic E-state index is -4.51. The molecule has 0 fully saturated rings. The van der Waals surface area contributed by atoms with Crippen LogP contribution in [-0.4, -0.2) is 19.5 Å². The first-order chi connectivity index (χ1) is 13.4. The van der Waals surface area contributed by atoms with E-state index in [9.17, 15) is 13.2 Å². The van der Waals surface area contributed by atoms with Crippen LogP contribution < -0.4 is 11.5 Å². The molecule has 150 valence electrons. The molecule has 0 unspecified atom stereocenters. The van der Waals surface area contributed by atoms with Crippen LogP contribution in [0.15, 0.2) is 54.9 Å². The van der Waals surface area contributed by atoms with Gasteiger partial charge in [0.25, 0.3) is 0 Å². The van der Waals surface area contributed by atoms with Gasteiger partial charge in [0.15, 0.2) is 11.5 Å². The quantitative estimate of drug-likeness (QED) is 0.523. The number of hydrogen-bond acceptors (Lipinski definition) is 5. The average molecular weight is 421 g/mol. The van der Waals surface area contributed by atoms with Gasteiger partial charge in [-0.3, -0.25) is 4.57 Å². The number of rotatable bonds is 3. The monoisotopic (exact) mass is 420 g/mol. The van der Waals surface area contributed by atoms with Crippen molar-refractivity contribution in [2.45, 2.75) is 12.7 Å². The van der Waals surface area contributed by atoms with E-state index < -0.39 is 11.7 Å². The SMILES string of the molecule is Cl.NCc1ccc(-n2c(-c3cccnc3N)nc3cc(C(F)(F)F)cnc32)cc1. The Labute approximate surface area is 169 Å². The molecule has 0 amide bonds. The number of nitrogen functional groups attached to an aromatic ring is 1. The predicted octanol–water partition coefficient (Wildman–Crippen LogP) is 3.96. The Kier molecular flexibility index (Phi) is 5.45. The molecule has 0 spiro atoms. The Bertz CT molecular complexity index is 1160. The molecule has 3 aromatic heterocycles. The van der Waals surface area contributed by atoms with Crippen LogP contribution in [0.5, 0.6) is 0 Å². The number of pyridine rings is 2. The summed E-state index contributed by atoms with van der Waals surface area (Å²) >= 11 is 0. The number of aromatic nitrogens is 4. The lowest BCUT2D eigenvalue weighted by Gasteiger charge is -2.11. The van der Waals surface area contributed by atoms with Gasteiger partial charge in [0, 0.05) is 24.6 Å². The number of imidazole rings is 1. The van der Waals surface area contributed by atoms with Crippen molar-refractivity contribution in [3.8, 4) is 17.1 Å². The van der Waals surface area contributed by atoms with Crippen molar-refractivity contribution < 1.29 is 13.2 Å². The van der Waals surface area contributed by atoms with Gasteiger partial charge in [-0.15, -0.1) is 12.4 Å². The number of benzene rings is 1. The zero-order valence-corrected chi connectivity index (χ0v) is 15.7. The molecule has 0 aliphatic heterocycles. The summed E-state index contributed by atoms with van der Waals surface area (Å²) in [5.41, 5.74) is 13.2. The molecule has 0 bridgehead atoms. The van der Waals surface area contributed by atoms with Crippen molar-refractivity contribution in [1.29, 1.82) is 0 Å². The fraction of sp³-hybridized carbons (Fsp3) is 0.105. The second kappa shape index (κ2) is 7.69. The van der Waals surface area contributed by atoms with Crippen LogP contribution in [-0.2, 0) is 12.7 Å². The molecule has 4 N–H and O–H groups in total. The van der Waals surface area contributed by atoms with Gasteiger partial charge in [0.05, 0.1) is 11.1 Å². The average Bonchev–Trinajstić information content (AvgIpc) is 3.06. The van der Waals surface area contributed by atoms with Crippen molar-refractivity contribution in [2.75, 3.05) is 5.73 Å². The predicted molar refractivity (Wildman–Crippen MR) is 107 cm³/mol. The van der Waals surface area contributed by atoms with Gasteiger partial charge >= 0.3 is 6.18 Å². The van der Waals surface area contributed by atoms with Gasteiger partial charge in [0.1, 0.15) is 11.3 Å². The van der Waals surface area contributed by atoms with E-state index >= 15 is 0 Å². The van der Waals surface area contributed by atoms with E-state index in [4.69, 9.17) is 11.5 Å². The topological polar surface area (TPSA) is 95.6 Å². The van der Waals surface area contributed by atoms with Gasteiger partial charge in [-0.05, 0) is 35.9 Å². The zero-order chi connectivity index (χ0) is 19.9. The van der Waals surface area contributed by atoms with E-state index in [1.807, 2.05) is 12.1 Å². The fourth-order valence-corrected chi connectivity index (χ4v) is 2.93. The Morgan fingerprint density at radius 2 is 1.76 bits per heavy atom. The van der Waals surface area contributed by atoms with Gasteiger partial charge in [-0.1, -0.05) is 12.1 Å². The van der Waals surface area contributed by atoms with Crippen LogP contribution in [0.3, 0.4) is 0 Å².